The predicted octanol–water partition coefficient (Wildman–Crippen LogP) is 2.87. The number of nitrogens with zero attached hydrogens (tertiary/aromatic N) is 2. The van der Waals surface area contributed by atoms with Gasteiger partial charge in [0.25, 0.3) is 0 Å². The second-order valence-electron chi connectivity index (χ2n) is 5.51. The van der Waals surface area contributed by atoms with E-state index in [9.17, 15) is 0 Å². The molecule has 1 aromatic heterocycles. The minimum atomic E-state index is 0.500. The maximum Gasteiger partial charge on any atom is 0.140 e. The van der Waals surface area contributed by atoms with E-state index in [0.29, 0.717) is 11.7 Å². The molecule has 0 spiro atoms. The quantitative estimate of drug-likeness (QED) is 0.888. The van der Waals surface area contributed by atoms with Crippen LogP contribution in [-0.4, -0.2) is 11.0 Å². The van der Waals surface area contributed by atoms with Gasteiger partial charge >= 0.3 is 0 Å². The van der Waals surface area contributed by atoms with E-state index >= 15 is 0 Å². The Hall–Kier alpha value is -1.40. The summed E-state index contributed by atoms with van der Waals surface area (Å²) < 4.78 is 0. The van der Waals surface area contributed by atoms with Gasteiger partial charge in [0, 0.05) is 18.8 Å². The first-order chi connectivity index (χ1) is 8.69. The summed E-state index contributed by atoms with van der Waals surface area (Å²) in [4.78, 5) is 3.99. The average molecular weight is 243 g/mol. The van der Waals surface area contributed by atoms with Crippen LogP contribution in [0.5, 0.6) is 0 Å². The molecule has 96 valence electrons. The lowest BCUT2D eigenvalue weighted by Crippen LogP contribution is -2.35. The molecule has 0 radical (unpaired) electrons. The highest BCUT2D eigenvalue weighted by atomic mass is 14.9. The molecule has 0 bridgehead atoms. The fourth-order valence-electron chi connectivity index (χ4n) is 2.64. The van der Waals surface area contributed by atoms with Crippen molar-refractivity contribution in [1.29, 1.82) is 5.26 Å². The zero-order valence-corrected chi connectivity index (χ0v) is 11.2. The average Bonchev–Trinajstić information content (AvgIpc) is 2.40. The van der Waals surface area contributed by atoms with Gasteiger partial charge in [-0.1, -0.05) is 13.8 Å². The van der Waals surface area contributed by atoms with Crippen LogP contribution in [0.15, 0.2) is 18.3 Å². The summed E-state index contributed by atoms with van der Waals surface area (Å²) >= 11 is 0. The normalized spacial score (nSPS) is 27.7. The molecule has 0 aliphatic heterocycles. The lowest BCUT2D eigenvalue weighted by Gasteiger charge is -2.32. The van der Waals surface area contributed by atoms with E-state index in [1.54, 1.807) is 6.20 Å². The fourth-order valence-corrected chi connectivity index (χ4v) is 2.64. The predicted molar refractivity (Wildman–Crippen MR) is 71.8 cm³/mol. The first kappa shape index (κ1) is 13.0. The van der Waals surface area contributed by atoms with E-state index in [0.717, 1.165) is 23.9 Å². The van der Waals surface area contributed by atoms with Gasteiger partial charge in [-0.05, 0) is 48.8 Å². The molecule has 2 rings (SSSR count). The molecule has 1 aromatic rings. The molecular weight excluding hydrogens is 222 g/mol. The van der Waals surface area contributed by atoms with Crippen molar-refractivity contribution in [3.05, 3.63) is 29.6 Å². The van der Waals surface area contributed by atoms with E-state index in [2.05, 4.69) is 30.2 Å². The lowest BCUT2D eigenvalue weighted by molar-refractivity contribution is 0.225. The molecule has 0 aromatic carbocycles. The van der Waals surface area contributed by atoms with Gasteiger partial charge in [0.15, 0.2) is 0 Å². The Bertz CT molecular complexity index is 436. The smallest absolute Gasteiger partial charge is 0.140 e. The number of pyridine rings is 1. The van der Waals surface area contributed by atoms with Crippen LogP contribution in [0.25, 0.3) is 0 Å². The molecule has 3 heteroatoms. The van der Waals surface area contributed by atoms with Crippen LogP contribution < -0.4 is 5.32 Å². The minimum Gasteiger partial charge on any atom is -0.310 e. The van der Waals surface area contributed by atoms with Gasteiger partial charge < -0.3 is 5.32 Å². The molecule has 1 aliphatic rings. The Morgan fingerprint density at radius 3 is 2.94 bits per heavy atom. The van der Waals surface area contributed by atoms with Crippen molar-refractivity contribution in [2.24, 2.45) is 11.8 Å². The molecule has 18 heavy (non-hydrogen) atoms. The van der Waals surface area contributed by atoms with Crippen LogP contribution in [0.1, 0.15) is 44.4 Å². The number of hydrogen-bond acceptors (Lipinski definition) is 3. The van der Waals surface area contributed by atoms with Gasteiger partial charge in [-0.25, -0.2) is 4.98 Å². The van der Waals surface area contributed by atoms with Crippen LogP contribution in [0.4, 0.5) is 0 Å². The number of nitriles is 1. The molecule has 1 N–H and O–H groups in total. The topological polar surface area (TPSA) is 48.7 Å². The van der Waals surface area contributed by atoms with E-state index in [1.807, 2.05) is 12.1 Å². The maximum atomic E-state index is 8.81. The zero-order chi connectivity index (χ0) is 13.0. The highest BCUT2D eigenvalue weighted by Crippen LogP contribution is 2.29. The van der Waals surface area contributed by atoms with Crippen molar-refractivity contribution in [2.75, 3.05) is 0 Å². The Morgan fingerprint density at radius 1 is 1.39 bits per heavy atom. The second kappa shape index (κ2) is 5.97. The van der Waals surface area contributed by atoms with Gasteiger partial charge in [0.1, 0.15) is 11.8 Å². The molecule has 1 saturated carbocycles. The zero-order valence-electron chi connectivity index (χ0n) is 11.2. The maximum absolute atomic E-state index is 8.81. The summed E-state index contributed by atoms with van der Waals surface area (Å²) in [6.45, 7) is 5.53. The summed E-state index contributed by atoms with van der Waals surface area (Å²) in [7, 11) is 0. The summed E-state index contributed by atoms with van der Waals surface area (Å²) in [6, 6.07) is 6.54. The first-order valence-electron chi connectivity index (χ1n) is 6.77. The van der Waals surface area contributed by atoms with E-state index in [4.69, 9.17) is 5.26 Å². The highest BCUT2D eigenvalue weighted by Gasteiger charge is 2.23. The van der Waals surface area contributed by atoms with Gasteiger partial charge in [-0.2, -0.15) is 5.26 Å². The van der Waals surface area contributed by atoms with Gasteiger partial charge in [0.2, 0.25) is 0 Å². The first-order valence-corrected chi connectivity index (χ1v) is 6.77. The third-order valence-electron chi connectivity index (χ3n) is 4.13. The molecule has 1 heterocycles. The fraction of sp³-hybridized carbons (Fsp3) is 0.600. The van der Waals surface area contributed by atoms with Crippen LogP contribution >= 0.6 is 0 Å². The highest BCUT2D eigenvalue weighted by molar-refractivity contribution is 5.25. The summed E-state index contributed by atoms with van der Waals surface area (Å²) in [5.74, 6) is 1.66. The lowest BCUT2D eigenvalue weighted by atomic mass is 9.79. The molecule has 3 atom stereocenters. The number of nitrogens with one attached hydrogen (secondary N) is 1. The Balaban J connectivity index is 1.86. The monoisotopic (exact) mass is 243 g/mol. The third kappa shape index (κ3) is 3.30. The van der Waals surface area contributed by atoms with Gasteiger partial charge in [-0.15, -0.1) is 0 Å². The Labute approximate surface area is 109 Å². The Morgan fingerprint density at radius 2 is 2.22 bits per heavy atom. The second-order valence-corrected chi connectivity index (χ2v) is 5.51. The van der Waals surface area contributed by atoms with Crippen LogP contribution in [0.2, 0.25) is 0 Å². The SMILES string of the molecule is CC1CCC(NCc2ccnc(C#N)c2)CC1C. The van der Waals surface area contributed by atoms with Gasteiger partial charge in [0.05, 0.1) is 0 Å². The van der Waals surface area contributed by atoms with Crippen LogP contribution in [-0.2, 0) is 6.54 Å². The number of aromatic nitrogens is 1. The minimum absolute atomic E-state index is 0.500. The van der Waals surface area contributed by atoms with Crippen molar-refractivity contribution < 1.29 is 0 Å². The van der Waals surface area contributed by atoms with E-state index in [1.165, 1.54) is 19.3 Å². The van der Waals surface area contributed by atoms with E-state index in [-0.39, 0.29) is 0 Å². The van der Waals surface area contributed by atoms with Crippen molar-refractivity contribution in [1.82, 2.24) is 10.3 Å². The van der Waals surface area contributed by atoms with Crippen molar-refractivity contribution >= 4 is 0 Å². The molecular formula is C15H21N3. The van der Waals surface area contributed by atoms with Crippen LogP contribution in [0, 0.1) is 23.2 Å². The van der Waals surface area contributed by atoms with Crippen molar-refractivity contribution in [3.8, 4) is 6.07 Å². The van der Waals surface area contributed by atoms with Crippen molar-refractivity contribution in [2.45, 2.75) is 45.7 Å². The molecule has 1 aliphatic carbocycles. The van der Waals surface area contributed by atoms with E-state index < -0.39 is 0 Å². The standard InChI is InChI=1S/C15H21N3/c1-11-3-4-14(7-12(11)2)18-10-13-5-6-17-15(8-13)9-16/h5-6,8,11-12,14,18H,3-4,7,10H2,1-2H3. The molecule has 3 unspecified atom stereocenters. The molecule has 0 saturated heterocycles. The Kier molecular flexibility index (Phi) is 4.33. The largest absolute Gasteiger partial charge is 0.310 e. The summed E-state index contributed by atoms with van der Waals surface area (Å²) in [5, 5.41) is 12.4. The number of hydrogen-bond donors (Lipinski definition) is 1. The third-order valence-corrected chi connectivity index (χ3v) is 4.13. The molecule has 1 fully saturated rings. The number of rotatable bonds is 3. The van der Waals surface area contributed by atoms with Crippen molar-refractivity contribution in [3.63, 3.8) is 0 Å². The summed E-state index contributed by atoms with van der Waals surface area (Å²) in [5.41, 5.74) is 1.65. The molecule has 3 nitrogen and oxygen atoms in total. The van der Waals surface area contributed by atoms with Gasteiger partial charge in [-0.3, -0.25) is 0 Å². The summed E-state index contributed by atoms with van der Waals surface area (Å²) in [6.07, 6.45) is 5.55. The van der Waals surface area contributed by atoms with Crippen LogP contribution in [0.3, 0.4) is 0 Å². The molecule has 0 amide bonds.